The summed E-state index contributed by atoms with van der Waals surface area (Å²) in [6.07, 6.45) is 4.29. The number of likely N-dealkylation sites (tertiary alicyclic amines) is 1. The first-order chi connectivity index (χ1) is 19.0. The highest BCUT2D eigenvalue weighted by Crippen LogP contribution is 2.27. The Kier molecular flexibility index (Phi) is 6.81. The van der Waals surface area contributed by atoms with Crippen LogP contribution in [0.15, 0.2) is 41.3 Å². The van der Waals surface area contributed by atoms with Crippen LogP contribution in [0.1, 0.15) is 25.1 Å². The first kappa shape index (κ1) is 25.2. The van der Waals surface area contributed by atoms with E-state index in [1.165, 1.54) is 0 Å². The van der Waals surface area contributed by atoms with Crippen molar-refractivity contribution in [3.63, 3.8) is 0 Å². The van der Waals surface area contributed by atoms with Crippen LogP contribution in [0.4, 0.5) is 5.82 Å². The average Bonchev–Trinajstić information content (AvgIpc) is 3.36. The van der Waals surface area contributed by atoms with Gasteiger partial charge in [0.2, 0.25) is 0 Å². The first-order valence-electron chi connectivity index (χ1n) is 13.4. The molecule has 200 valence electrons. The van der Waals surface area contributed by atoms with E-state index in [9.17, 15) is 10.1 Å². The molecule has 39 heavy (non-hydrogen) atoms. The van der Waals surface area contributed by atoms with Crippen molar-refractivity contribution in [2.45, 2.75) is 38.3 Å². The van der Waals surface area contributed by atoms with E-state index in [-0.39, 0.29) is 29.2 Å². The summed E-state index contributed by atoms with van der Waals surface area (Å²) < 4.78 is 7.72. The average molecular weight is 526 g/mol. The van der Waals surface area contributed by atoms with E-state index in [1.807, 2.05) is 37.3 Å². The van der Waals surface area contributed by atoms with Crippen LogP contribution < -0.4 is 20.5 Å². The predicted molar refractivity (Wildman–Crippen MR) is 148 cm³/mol. The number of likely N-dealkylation sites (N-methyl/N-ethyl adjacent to an activating group) is 1. The molecule has 1 unspecified atom stereocenters. The lowest BCUT2D eigenvalue weighted by atomic mass is 10.1. The monoisotopic (exact) mass is 525 g/mol. The molecule has 11 heteroatoms. The minimum Gasteiger partial charge on any atom is -0.462 e. The molecular formula is C28H31N9O2. The second kappa shape index (κ2) is 10.6. The van der Waals surface area contributed by atoms with Crippen molar-refractivity contribution in [2.24, 2.45) is 0 Å². The maximum atomic E-state index is 14.1. The molecular weight excluding hydrogens is 494 g/mol. The van der Waals surface area contributed by atoms with Gasteiger partial charge in [0.25, 0.3) is 5.56 Å². The van der Waals surface area contributed by atoms with Gasteiger partial charge in [-0.2, -0.15) is 15.2 Å². The largest absolute Gasteiger partial charge is 0.462 e. The number of benzene rings is 1. The van der Waals surface area contributed by atoms with Gasteiger partial charge in [-0.05, 0) is 57.6 Å². The number of rotatable bonds is 6. The molecule has 2 atom stereocenters. The van der Waals surface area contributed by atoms with Gasteiger partial charge < -0.3 is 19.9 Å². The highest BCUT2D eigenvalue weighted by molar-refractivity contribution is 5.89. The Morgan fingerprint density at radius 2 is 2.05 bits per heavy atom. The van der Waals surface area contributed by atoms with Crippen LogP contribution >= 0.6 is 0 Å². The molecule has 11 nitrogen and oxygen atoms in total. The lowest BCUT2D eigenvalue weighted by Gasteiger charge is -2.34. The standard InChI is InChI=1S/C28H31N9O2/c1-18-32-24-25(27(38)37(18)23-9-3-8-22-21(23)7-4-12-31-22)33-28(39-17-20-6-5-14-35(20)2)34-26(24)36-15-13-30-19(16-36)10-11-29/h3-4,7-9,12,19-20,30H,5-6,10,13-17H2,1-2H3/t19-,20?/m0/s1. The van der Waals surface area contributed by atoms with Crippen LogP contribution in [0, 0.1) is 18.3 Å². The second-order valence-corrected chi connectivity index (χ2v) is 10.2. The zero-order valence-electron chi connectivity index (χ0n) is 22.2. The van der Waals surface area contributed by atoms with E-state index in [0.717, 1.165) is 30.3 Å². The first-order valence-corrected chi connectivity index (χ1v) is 13.4. The van der Waals surface area contributed by atoms with E-state index < -0.39 is 0 Å². The van der Waals surface area contributed by atoms with Crippen molar-refractivity contribution in [3.05, 3.63) is 52.7 Å². The lowest BCUT2D eigenvalue weighted by Crippen LogP contribution is -2.51. The number of aryl methyl sites for hydroxylation is 1. The quantitative estimate of drug-likeness (QED) is 0.400. The Morgan fingerprint density at radius 3 is 2.87 bits per heavy atom. The number of nitrogens with one attached hydrogen (secondary N) is 1. The van der Waals surface area contributed by atoms with Crippen molar-refractivity contribution < 1.29 is 4.74 Å². The van der Waals surface area contributed by atoms with E-state index in [2.05, 4.69) is 38.2 Å². The lowest BCUT2D eigenvalue weighted by molar-refractivity contribution is 0.188. The molecule has 5 heterocycles. The van der Waals surface area contributed by atoms with Gasteiger partial charge in [-0.3, -0.25) is 14.3 Å². The number of piperazine rings is 1. The fourth-order valence-electron chi connectivity index (χ4n) is 5.62. The summed E-state index contributed by atoms with van der Waals surface area (Å²) in [7, 11) is 2.09. The molecule has 2 saturated heterocycles. The maximum Gasteiger partial charge on any atom is 0.319 e. The Balaban J connectivity index is 1.50. The van der Waals surface area contributed by atoms with Gasteiger partial charge in [-0.1, -0.05) is 6.07 Å². The van der Waals surface area contributed by atoms with E-state index >= 15 is 0 Å². The summed E-state index contributed by atoms with van der Waals surface area (Å²) in [6.45, 7) is 5.23. The Morgan fingerprint density at radius 1 is 1.15 bits per heavy atom. The van der Waals surface area contributed by atoms with Crippen molar-refractivity contribution in [3.8, 4) is 17.8 Å². The summed E-state index contributed by atoms with van der Waals surface area (Å²) >= 11 is 0. The van der Waals surface area contributed by atoms with E-state index in [0.29, 0.717) is 55.5 Å². The van der Waals surface area contributed by atoms with Crippen LogP contribution in [0.2, 0.25) is 0 Å². The third-order valence-electron chi connectivity index (χ3n) is 7.68. The molecule has 0 aliphatic carbocycles. The molecule has 2 fully saturated rings. The van der Waals surface area contributed by atoms with Gasteiger partial charge in [-0.15, -0.1) is 0 Å². The smallest absolute Gasteiger partial charge is 0.319 e. The molecule has 0 amide bonds. The number of ether oxygens (including phenoxy) is 1. The fraction of sp³-hybridized carbons (Fsp3) is 0.429. The number of nitrogens with zero attached hydrogens (tertiary/aromatic N) is 8. The molecule has 0 bridgehead atoms. The fourth-order valence-corrected chi connectivity index (χ4v) is 5.62. The Hall–Kier alpha value is -4.14. The molecule has 3 aromatic heterocycles. The zero-order valence-corrected chi connectivity index (χ0v) is 22.2. The number of pyridine rings is 1. The van der Waals surface area contributed by atoms with Crippen LogP contribution in [-0.4, -0.2) is 81.3 Å². The van der Waals surface area contributed by atoms with Crippen molar-refractivity contribution in [2.75, 3.05) is 44.7 Å². The van der Waals surface area contributed by atoms with Crippen molar-refractivity contribution >= 4 is 27.8 Å². The summed E-state index contributed by atoms with van der Waals surface area (Å²) in [6, 6.07) is 12.2. The Bertz CT molecular complexity index is 1620. The number of hydrogen-bond acceptors (Lipinski definition) is 10. The van der Waals surface area contributed by atoms with Gasteiger partial charge in [0.15, 0.2) is 11.3 Å². The van der Waals surface area contributed by atoms with Gasteiger partial charge in [0.05, 0.1) is 23.7 Å². The number of aromatic nitrogens is 5. The molecule has 0 spiro atoms. The van der Waals surface area contributed by atoms with Crippen LogP contribution in [0.5, 0.6) is 6.01 Å². The molecule has 2 aliphatic heterocycles. The number of nitriles is 1. The van der Waals surface area contributed by atoms with Crippen LogP contribution in [-0.2, 0) is 0 Å². The second-order valence-electron chi connectivity index (χ2n) is 10.2. The molecule has 4 aromatic rings. The highest BCUT2D eigenvalue weighted by Gasteiger charge is 2.27. The summed E-state index contributed by atoms with van der Waals surface area (Å²) in [5.74, 6) is 1.09. The number of hydrogen-bond donors (Lipinski definition) is 1. The SMILES string of the molecule is Cc1nc2c(N3CCN[C@@H](CC#N)C3)nc(OCC3CCCN3C)nc2c(=O)n1-c1cccc2ncccc12. The molecule has 1 N–H and O–H groups in total. The molecule has 2 aliphatic rings. The summed E-state index contributed by atoms with van der Waals surface area (Å²) in [5, 5.41) is 13.5. The van der Waals surface area contributed by atoms with Gasteiger partial charge >= 0.3 is 6.01 Å². The van der Waals surface area contributed by atoms with Gasteiger partial charge in [0.1, 0.15) is 17.9 Å². The van der Waals surface area contributed by atoms with Gasteiger partial charge in [0, 0.05) is 43.3 Å². The Labute approximate surface area is 226 Å². The van der Waals surface area contributed by atoms with E-state index in [1.54, 1.807) is 10.8 Å². The van der Waals surface area contributed by atoms with Crippen LogP contribution in [0.3, 0.4) is 0 Å². The number of anilines is 1. The normalized spacial score (nSPS) is 20.0. The predicted octanol–water partition coefficient (Wildman–Crippen LogP) is 2.20. The minimum atomic E-state index is -0.288. The third-order valence-corrected chi connectivity index (χ3v) is 7.68. The third kappa shape index (κ3) is 4.77. The highest BCUT2D eigenvalue weighted by atomic mass is 16.5. The molecule has 0 radical (unpaired) electrons. The van der Waals surface area contributed by atoms with Crippen molar-refractivity contribution in [1.82, 2.24) is 34.7 Å². The molecule has 0 saturated carbocycles. The van der Waals surface area contributed by atoms with Gasteiger partial charge in [-0.25, -0.2) is 4.98 Å². The minimum absolute atomic E-state index is 0.00470. The topological polar surface area (TPSA) is 125 Å². The van der Waals surface area contributed by atoms with E-state index in [4.69, 9.17) is 14.7 Å². The van der Waals surface area contributed by atoms with Crippen molar-refractivity contribution in [1.29, 1.82) is 5.26 Å². The molecule has 1 aromatic carbocycles. The van der Waals surface area contributed by atoms with Crippen LogP contribution in [0.25, 0.3) is 27.6 Å². The summed E-state index contributed by atoms with van der Waals surface area (Å²) in [5.41, 5.74) is 1.85. The molecule has 6 rings (SSSR count). The zero-order chi connectivity index (χ0) is 26.9. The maximum absolute atomic E-state index is 14.1. The summed E-state index contributed by atoms with van der Waals surface area (Å²) in [4.78, 5) is 37.2. The number of fused-ring (bicyclic) bond motifs is 2.